The molecule has 1 aromatic carbocycles. The van der Waals surface area contributed by atoms with Crippen molar-refractivity contribution in [3.8, 4) is 5.75 Å². The fourth-order valence-electron chi connectivity index (χ4n) is 2.07. The van der Waals surface area contributed by atoms with Crippen LogP contribution in [0.25, 0.3) is 0 Å². The molecule has 2 unspecified atom stereocenters. The summed E-state index contributed by atoms with van der Waals surface area (Å²) in [5, 5.41) is 9.00. The molecule has 4 heteroatoms. The van der Waals surface area contributed by atoms with Gasteiger partial charge in [-0.2, -0.15) is 0 Å². The number of nitrogen functional groups attached to an aromatic ring is 1. The van der Waals surface area contributed by atoms with E-state index in [0.717, 1.165) is 11.4 Å². The van der Waals surface area contributed by atoms with E-state index in [9.17, 15) is 0 Å². The Morgan fingerprint density at radius 1 is 1.50 bits per heavy atom. The molecule has 2 rings (SSSR count). The lowest BCUT2D eigenvalue weighted by atomic mass is 10.0. The van der Waals surface area contributed by atoms with Crippen LogP contribution in [0, 0.1) is 0 Å². The molecule has 0 aliphatic carbocycles. The van der Waals surface area contributed by atoms with Crippen molar-refractivity contribution in [1.82, 2.24) is 0 Å². The summed E-state index contributed by atoms with van der Waals surface area (Å²) in [6.07, 6.45) is 0.657. The summed E-state index contributed by atoms with van der Waals surface area (Å²) in [6, 6.07) is 5.93. The molecule has 0 fully saturated rings. The monoisotopic (exact) mass is 222 g/mol. The number of anilines is 2. The zero-order valence-electron chi connectivity index (χ0n) is 9.68. The molecule has 16 heavy (non-hydrogen) atoms. The quantitative estimate of drug-likeness (QED) is 0.739. The number of fused-ring (bicyclic) bond motifs is 1. The van der Waals surface area contributed by atoms with Gasteiger partial charge in [-0.05, 0) is 19.1 Å². The number of nitrogens with zero attached hydrogens (tertiary/aromatic N) is 1. The van der Waals surface area contributed by atoms with Crippen LogP contribution in [0.15, 0.2) is 18.2 Å². The Bertz CT molecular complexity index is 381. The van der Waals surface area contributed by atoms with Gasteiger partial charge in [-0.25, -0.2) is 0 Å². The Balaban J connectivity index is 2.32. The van der Waals surface area contributed by atoms with Crippen molar-refractivity contribution in [2.24, 2.45) is 0 Å². The molecule has 3 N–H and O–H groups in total. The highest BCUT2D eigenvalue weighted by molar-refractivity contribution is 5.65. The van der Waals surface area contributed by atoms with Gasteiger partial charge in [-0.1, -0.05) is 0 Å². The summed E-state index contributed by atoms with van der Waals surface area (Å²) in [4.78, 5) is 2.17. The number of ether oxygens (including phenoxy) is 1. The number of likely N-dealkylation sites (N-methyl/N-ethyl adjacent to an activating group) is 1. The minimum atomic E-state index is 0.0179. The molecule has 0 amide bonds. The summed E-state index contributed by atoms with van der Waals surface area (Å²) >= 11 is 0. The Morgan fingerprint density at radius 3 is 2.94 bits per heavy atom. The summed E-state index contributed by atoms with van der Waals surface area (Å²) in [7, 11) is 2.03. The van der Waals surface area contributed by atoms with Crippen LogP contribution in [0.1, 0.15) is 13.3 Å². The predicted molar refractivity (Wildman–Crippen MR) is 64.8 cm³/mol. The highest BCUT2D eigenvalue weighted by Gasteiger charge is 2.30. The highest BCUT2D eigenvalue weighted by Crippen LogP contribution is 2.37. The van der Waals surface area contributed by atoms with E-state index in [0.29, 0.717) is 12.1 Å². The molecule has 0 spiro atoms. The van der Waals surface area contributed by atoms with Crippen molar-refractivity contribution in [2.45, 2.75) is 25.5 Å². The first-order valence-corrected chi connectivity index (χ1v) is 5.53. The van der Waals surface area contributed by atoms with Gasteiger partial charge in [0.1, 0.15) is 11.9 Å². The maximum absolute atomic E-state index is 9.00. The van der Waals surface area contributed by atoms with Crippen LogP contribution < -0.4 is 15.4 Å². The van der Waals surface area contributed by atoms with Crippen LogP contribution in [0.3, 0.4) is 0 Å². The Kier molecular flexibility index (Phi) is 2.92. The normalized spacial score (nSPS) is 23.8. The van der Waals surface area contributed by atoms with E-state index in [1.807, 2.05) is 25.2 Å². The average Bonchev–Trinajstić information content (AvgIpc) is 2.25. The van der Waals surface area contributed by atoms with Gasteiger partial charge in [0.05, 0.1) is 11.7 Å². The second kappa shape index (κ2) is 4.22. The van der Waals surface area contributed by atoms with Crippen LogP contribution in [-0.2, 0) is 0 Å². The minimum Gasteiger partial charge on any atom is -0.486 e. The first kappa shape index (κ1) is 11.1. The largest absolute Gasteiger partial charge is 0.486 e. The number of nitrogens with two attached hydrogens (primary N) is 1. The van der Waals surface area contributed by atoms with E-state index >= 15 is 0 Å². The Hall–Kier alpha value is -1.42. The number of hydrogen-bond acceptors (Lipinski definition) is 4. The van der Waals surface area contributed by atoms with Gasteiger partial charge in [0.2, 0.25) is 0 Å². The Morgan fingerprint density at radius 2 is 2.25 bits per heavy atom. The third-order valence-corrected chi connectivity index (χ3v) is 3.20. The van der Waals surface area contributed by atoms with Gasteiger partial charge >= 0.3 is 0 Å². The fraction of sp³-hybridized carbons (Fsp3) is 0.500. The number of aliphatic hydroxyl groups excluding tert-OH is 1. The fourth-order valence-corrected chi connectivity index (χ4v) is 2.07. The molecule has 0 saturated carbocycles. The molecule has 1 aliphatic rings. The van der Waals surface area contributed by atoms with Gasteiger partial charge in [-0.3, -0.25) is 0 Å². The number of aliphatic hydroxyl groups is 1. The maximum Gasteiger partial charge on any atom is 0.145 e. The van der Waals surface area contributed by atoms with Crippen molar-refractivity contribution in [2.75, 3.05) is 24.3 Å². The zero-order valence-corrected chi connectivity index (χ0v) is 9.68. The first-order chi connectivity index (χ1) is 7.63. The number of hydrogen-bond donors (Lipinski definition) is 2. The molecule has 2 atom stereocenters. The first-order valence-electron chi connectivity index (χ1n) is 5.53. The molecule has 1 aromatic rings. The molecule has 0 radical (unpaired) electrons. The lowest BCUT2D eigenvalue weighted by molar-refractivity contribution is 0.124. The van der Waals surface area contributed by atoms with Crippen LogP contribution in [0.2, 0.25) is 0 Å². The summed E-state index contributed by atoms with van der Waals surface area (Å²) in [5.74, 6) is 0.805. The zero-order chi connectivity index (χ0) is 11.7. The van der Waals surface area contributed by atoms with E-state index in [2.05, 4.69) is 11.8 Å². The summed E-state index contributed by atoms with van der Waals surface area (Å²) < 4.78 is 5.85. The van der Waals surface area contributed by atoms with Crippen molar-refractivity contribution < 1.29 is 9.84 Å². The van der Waals surface area contributed by atoms with Crippen LogP contribution in [-0.4, -0.2) is 30.9 Å². The van der Waals surface area contributed by atoms with Crippen molar-refractivity contribution in [1.29, 1.82) is 0 Å². The molecule has 4 nitrogen and oxygen atoms in total. The second-order valence-corrected chi connectivity index (χ2v) is 4.25. The molecule has 1 aliphatic heterocycles. The SMILES string of the molecule is CC1C(CCO)Oc2cc(N)ccc2N1C. The minimum absolute atomic E-state index is 0.0179. The van der Waals surface area contributed by atoms with Crippen molar-refractivity contribution in [3.05, 3.63) is 18.2 Å². The van der Waals surface area contributed by atoms with Crippen molar-refractivity contribution in [3.63, 3.8) is 0 Å². The van der Waals surface area contributed by atoms with Gasteiger partial charge in [-0.15, -0.1) is 0 Å². The third-order valence-electron chi connectivity index (χ3n) is 3.20. The molecular weight excluding hydrogens is 204 g/mol. The maximum atomic E-state index is 9.00. The topological polar surface area (TPSA) is 58.7 Å². The van der Waals surface area contributed by atoms with E-state index in [-0.39, 0.29) is 18.8 Å². The number of rotatable bonds is 2. The van der Waals surface area contributed by atoms with Gasteiger partial charge in [0, 0.05) is 31.8 Å². The molecular formula is C12H18N2O2. The summed E-state index contributed by atoms with van der Waals surface area (Å²) in [6.45, 7) is 2.24. The second-order valence-electron chi connectivity index (χ2n) is 4.25. The lowest BCUT2D eigenvalue weighted by Crippen LogP contribution is -2.46. The van der Waals surface area contributed by atoms with Gasteiger partial charge in [0.25, 0.3) is 0 Å². The molecule has 0 aromatic heterocycles. The molecule has 88 valence electrons. The highest BCUT2D eigenvalue weighted by atomic mass is 16.5. The van der Waals surface area contributed by atoms with Gasteiger partial charge < -0.3 is 20.5 Å². The van der Waals surface area contributed by atoms with E-state index in [4.69, 9.17) is 15.6 Å². The smallest absolute Gasteiger partial charge is 0.145 e. The Labute approximate surface area is 95.6 Å². The molecule has 1 heterocycles. The lowest BCUT2D eigenvalue weighted by Gasteiger charge is -2.39. The predicted octanol–water partition coefficient (Wildman–Crippen LogP) is 1.24. The third kappa shape index (κ3) is 1.80. The molecule has 0 bridgehead atoms. The van der Waals surface area contributed by atoms with Crippen LogP contribution in [0.4, 0.5) is 11.4 Å². The summed E-state index contributed by atoms with van der Waals surface area (Å²) in [5.41, 5.74) is 7.48. The molecule has 0 saturated heterocycles. The van der Waals surface area contributed by atoms with Crippen LogP contribution >= 0.6 is 0 Å². The number of benzene rings is 1. The van der Waals surface area contributed by atoms with Crippen LogP contribution in [0.5, 0.6) is 5.75 Å². The van der Waals surface area contributed by atoms with E-state index in [1.54, 1.807) is 0 Å². The van der Waals surface area contributed by atoms with E-state index in [1.165, 1.54) is 0 Å². The van der Waals surface area contributed by atoms with Crippen molar-refractivity contribution >= 4 is 11.4 Å². The standard InChI is InChI=1S/C12H18N2O2/c1-8-11(5-6-15)16-12-7-9(13)3-4-10(12)14(8)2/h3-4,7-8,11,15H,5-6,13H2,1-2H3. The average molecular weight is 222 g/mol. The van der Waals surface area contributed by atoms with Gasteiger partial charge in [0.15, 0.2) is 0 Å². The van der Waals surface area contributed by atoms with E-state index < -0.39 is 0 Å².